The number of carbonyl (C=O) groups is 1. The van der Waals surface area contributed by atoms with Gasteiger partial charge in [-0.3, -0.25) is 10.2 Å². The van der Waals surface area contributed by atoms with Gasteiger partial charge in [0.25, 0.3) is 5.91 Å². The number of ether oxygens (including phenoxy) is 2. The molecular weight excluding hydrogens is 500 g/mol. The van der Waals surface area contributed by atoms with E-state index in [4.69, 9.17) is 26.5 Å². The van der Waals surface area contributed by atoms with Gasteiger partial charge in [0.15, 0.2) is 0 Å². The fourth-order valence-corrected chi connectivity index (χ4v) is 5.23. The summed E-state index contributed by atoms with van der Waals surface area (Å²) in [7, 11) is -3.72. The van der Waals surface area contributed by atoms with Crippen LogP contribution in [0.2, 0.25) is 5.02 Å². The minimum Gasteiger partial charge on any atom is -0.490 e. The number of amidine groups is 3. The molecule has 0 bridgehead atoms. The lowest BCUT2D eigenvalue weighted by molar-refractivity contribution is -0.114. The highest BCUT2D eigenvalue weighted by molar-refractivity contribution is 8.16. The van der Waals surface area contributed by atoms with Crippen molar-refractivity contribution in [2.45, 2.75) is 6.92 Å². The van der Waals surface area contributed by atoms with Crippen LogP contribution in [0.1, 0.15) is 11.1 Å². The first kappa shape index (κ1) is 24.0. The number of nitrogens with zero attached hydrogens (tertiary/aromatic N) is 3. The van der Waals surface area contributed by atoms with Crippen molar-refractivity contribution in [1.29, 1.82) is 5.41 Å². The van der Waals surface area contributed by atoms with E-state index in [0.717, 1.165) is 34.4 Å². The topological polar surface area (TPSA) is 121 Å². The molecule has 9 nitrogen and oxygen atoms in total. The highest BCUT2D eigenvalue weighted by atomic mass is 35.5. The van der Waals surface area contributed by atoms with Crippen LogP contribution in [0.15, 0.2) is 57.4 Å². The van der Waals surface area contributed by atoms with Gasteiger partial charge in [0.1, 0.15) is 30.5 Å². The van der Waals surface area contributed by atoms with Crippen LogP contribution in [0.3, 0.4) is 0 Å². The Balaban J connectivity index is 1.45. The number of hydrogen-bond donors (Lipinski definition) is 1. The second kappa shape index (κ2) is 9.61. The fraction of sp³-hybridized carbons (Fsp3) is 0.182. The summed E-state index contributed by atoms with van der Waals surface area (Å²) < 4.78 is 39.1. The van der Waals surface area contributed by atoms with Crippen molar-refractivity contribution in [3.05, 3.63) is 64.2 Å². The van der Waals surface area contributed by atoms with Gasteiger partial charge >= 0.3 is 0 Å². The average Bonchev–Trinajstić information content (AvgIpc) is 3.20. The molecule has 12 heteroatoms. The molecule has 34 heavy (non-hydrogen) atoms. The maximum Gasteiger partial charge on any atom is 0.283 e. The molecule has 4 rings (SSSR count). The third kappa shape index (κ3) is 5.16. The summed E-state index contributed by atoms with van der Waals surface area (Å²) in [5.41, 5.74) is 1.53. The number of aryl methyl sites for hydroxylation is 1. The Kier molecular flexibility index (Phi) is 6.78. The summed E-state index contributed by atoms with van der Waals surface area (Å²) in [6.45, 7) is 2.58. The smallest absolute Gasteiger partial charge is 0.283 e. The minimum atomic E-state index is -3.72. The van der Waals surface area contributed by atoms with E-state index in [1.807, 2.05) is 31.2 Å². The van der Waals surface area contributed by atoms with Crippen LogP contribution in [-0.2, 0) is 14.6 Å². The van der Waals surface area contributed by atoms with Gasteiger partial charge in [0.2, 0.25) is 20.2 Å². The molecule has 0 saturated heterocycles. The number of benzene rings is 2. The second-order valence-corrected chi connectivity index (χ2v) is 10.4. The largest absolute Gasteiger partial charge is 0.490 e. The van der Waals surface area contributed by atoms with Crippen LogP contribution in [0, 0.1) is 12.3 Å². The number of rotatable bonds is 6. The molecule has 0 atom stereocenters. The highest BCUT2D eigenvalue weighted by Gasteiger charge is 2.41. The van der Waals surface area contributed by atoms with Crippen molar-refractivity contribution in [3.63, 3.8) is 0 Å². The zero-order chi connectivity index (χ0) is 24.5. The Morgan fingerprint density at radius 3 is 2.65 bits per heavy atom. The Morgan fingerprint density at radius 2 is 1.94 bits per heavy atom. The van der Waals surface area contributed by atoms with Crippen LogP contribution in [0.4, 0.5) is 0 Å². The van der Waals surface area contributed by atoms with Crippen molar-refractivity contribution < 1.29 is 22.7 Å². The maximum absolute atomic E-state index is 12.5. The molecule has 2 aliphatic rings. The van der Waals surface area contributed by atoms with Gasteiger partial charge in [0, 0.05) is 6.26 Å². The number of aliphatic imine (C=N–C) groups is 1. The summed E-state index contributed by atoms with van der Waals surface area (Å²) in [6, 6.07) is 12.6. The van der Waals surface area contributed by atoms with Gasteiger partial charge < -0.3 is 9.47 Å². The van der Waals surface area contributed by atoms with Gasteiger partial charge in [-0.2, -0.15) is 9.39 Å². The standard InChI is InChI=1S/C22H19ClN4O5S2/c1-13-4-3-5-15(10-13)31-8-9-32-18-7-6-14(12-17(18)23)11-16-19(24)27-21(25-20(16)28)33-26-22(27)34(2,29)30/h3-7,10-12,24H,8-9H2,1-2H3/b16-11-,24-19?. The molecular formula is C22H19ClN4O5S2. The van der Waals surface area contributed by atoms with Gasteiger partial charge in [-0.05, 0) is 48.4 Å². The van der Waals surface area contributed by atoms with Crippen molar-refractivity contribution >= 4 is 61.5 Å². The third-order valence-corrected chi connectivity index (χ3v) is 6.74. The molecule has 0 aromatic heterocycles. The number of fused-ring (bicyclic) bond motifs is 1. The van der Waals surface area contributed by atoms with E-state index in [1.54, 1.807) is 18.2 Å². The zero-order valence-electron chi connectivity index (χ0n) is 18.1. The van der Waals surface area contributed by atoms with Gasteiger partial charge in [0.05, 0.1) is 22.5 Å². The molecule has 2 aromatic rings. The van der Waals surface area contributed by atoms with Crippen LogP contribution >= 0.6 is 23.5 Å². The second-order valence-electron chi connectivity index (χ2n) is 7.38. The van der Waals surface area contributed by atoms with E-state index >= 15 is 0 Å². The predicted octanol–water partition coefficient (Wildman–Crippen LogP) is 3.73. The highest BCUT2D eigenvalue weighted by Crippen LogP contribution is 2.31. The van der Waals surface area contributed by atoms with E-state index < -0.39 is 15.7 Å². The number of nitrogens with one attached hydrogen (secondary N) is 1. The lowest BCUT2D eigenvalue weighted by Gasteiger charge is -2.23. The number of amides is 1. The average molecular weight is 519 g/mol. The first-order valence-corrected chi connectivity index (χ1v) is 13.0. The Hall–Kier alpha value is -3.15. The molecule has 1 amide bonds. The lowest BCUT2D eigenvalue weighted by atomic mass is 10.1. The van der Waals surface area contributed by atoms with Crippen molar-refractivity contribution in [2.24, 2.45) is 9.39 Å². The maximum atomic E-state index is 12.5. The van der Waals surface area contributed by atoms with Crippen LogP contribution < -0.4 is 9.47 Å². The molecule has 176 valence electrons. The summed E-state index contributed by atoms with van der Waals surface area (Å²) in [4.78, 5) is 17.4. The van der Waals surface area contributed by atoms with Gasteiger partial charge in [-0.1, -0.05) is 29.8 Å². The molecule has 0 radical (unpaired) electrons. The molecule has 0 saturated carbocycles. The number of hydrogen-bond acceptors (Lipinski definition) is 8. The monoisotopic (exact) mass is 518 g/mol. The quantitative estimate of drug-likeness (QED) is 0.351. The molecule has 0 spiro atoms. The van der Waals surface area contributed by atoms with Crippen molar-refractivity contribution in [2.75, 3.05) is 19.5 Å². The van der Waals surface area contributed by atoms with Crippen molar-refractivity contribution in [3.8, 4) is 11.5 Å². The van der Waals surface area contributed by atoms with Gasteiger partial charge in [-0.15, -0.1) is 0 Å². The third-order valence-electron chi connectivity index (χ3n) is 4.69. The number of carbonyl (C=O) groups excluding carboxylic acids is 1. The molecule has 0 aliphatic carbocycles. The van der Waals surface area contributed by atoms with E-state index in [2.05, 4.69) is 9.39 Å². The van der Waals surface area contributed by atoms with Crippen LogP contribution in [0.25, 0.3) is 6.08 Å². The molecule has 2 aliphatic heterocycles. The minimum absolute atomic E-state index is 0.0298. The predicted molar refractivity (Wildman–Crippen MR) is 133 cm³/mol. The van der Waals surface area contributed by atoms with E-state index in [1.165, 1.54) is 6.08 Å². The Labute approximate surface area is 205 Å². The molecule has 0 unspecified atom stereocenters. The van der Waals surface area contributed by atoms with Gasteiger partial charge in [-0.25, -0.2) is 13.3 Å². The van der Waals surface area contributed by atoms with E-state index in [-0.39, 0.29) is 28.4 Å². The Morgan fingerprint density at radius 1 is 1.18 bits per heavy atom. The summed E-state index contributed by atoms with van der Waals surface area (Å²) >= 11 is 7.07. The van der Waals surface area contributed by atoms with E-state index in [9.17, 15) is 13.2 Å². The first-order valence-electron chi connectivity index (χ1n) is 9.94. The van der Waals surface area contributed by atoms with Crippen LogP contribution in [-0.4, -0.2) is 54.9 Å². The summed E-state index contributed by atoms with van der Waals surface area (Å²) in [5, 5.41) is 8.38. The molecule has 1 N–H and O–H groups in total. The summed E-state index contributed by atoms with van der Waals surface area (Å²) in [5.74, 6) is 0.194. The van der Waals surface area contributed by atoms with Crippen LogP contribution in [0.5, 0.6) is 11.5 Å². The molecule has 2 aromatic carbocycles. The Bertz CT molecular complexity index is 1390. The normalized spacial score (nSPS) is 16.9. The first-order chi connectivity index (χ1) is 16.1. The SMILES string of the molecule is Cc1cccc(OCCOc2ccc(/C=C3/C(=N)N4C(=NC3=O)SN=C4S(C)(=O)=O)cc2Cl)c1. The lowest BCUT2D eigenvalue weighted by Crippen LogP contribution is -2.45. The number of halogens is 1. The molecule has 0 fully saturated rings. The summed E-state index contributed by atoms with van der Waals surface area (Å²) in [6.07, 6.45) is 2.40. The van der Waals surface area contributed by atoms with E-state index in [0.29, 0.717) is 22.9 Å². The molecule has 2 heterocycles. The zero-order valence-corrected chi connectivity index (χ0v) is 20.5. The number of sulfone groups is 1. The van der Waals surface area contributed by atoms with Crippen molar-refractivity contribution in [1.82, 2.24) is 4.90 Å². The fourth-order valence-electron chi connectivity index (χ4n) is 3.14.